The molecule has 0 saturated carbocycles. The van der Waals surface area contributed by atoms with Crippen LogP contribution in [0.1, 0.15) is 35.3 Å². The number of carbonyl (C=O) groups is 1. The Morgan fingerprint density at radius 3 is 2.23 bits per heavy atom. The van der Waals surface area contributed by atoms with E-state index in [0.29, 0.717) is 17.9 Å². The minimum atomic E-state index is -3.78. The molecule has 0 heterocycles. The molecule has 1 unspecified atom stereocenters. The van der Waals surface area contributed by atoms with Crippen LogP contribution in [0.5, 0.6) is 5.75 Å². The summed E-state index contributed by atoms with van der Waals surface area (Å²) in [5.41, 5.74) is 2.60. The number of ketones is 1. The number of Topliss-reactive ketones (excluding diaryl/α,β-unsaturated/α-hetero) is 1. The molecule has 0 amide bonds. The molecule has 2 aromatic rings. The van der Waals surface area contributed by atoms with Crippen molar-refractivity contribution < 1.29 is 17.9 Å². The van der Waals surface area contributed by atoms with E-state index in [4.69, 9.17) is 4.74 Å². The van der Waals surface area contributed by atoms with Crippen molar-refractivity contribution >= 4 is 15.8 Å². The number of rotatable bonds is 7. The first-order chi connectivity index (χ1) is 12.2. The molecular weight excluding hydrogens is 350 g/mol. The third-order valence-electron chi connectivity index (χ3n) is 4.53. The normalized spacial score (nSPS) is 12.8. The van der Waals surface area contributed by atoms with Gasteiger partial charge < -0.3 is 4.74 Å². The molecule has 0 N–H and O–H groups in total. The van der Waals surface area contributed by atoms with Crippen LogP contribution in [0.4, 0.5) is 0 Å². The molecule has 0 aliphatic rings. The first kappa shape index (κ1) is 20.1. The minimum Gasteiger partial charge on any atom is -0.494 e. The van der Waals surface area contributed by atoms with Gasteiger partial charge in [-0.05, 0) is 69.2 Å². The molecule has 0 saturated heterocycles. The van der Waals surface area contributed by atoms with E-state index in [1.165, 1.54) is 19.2 Å². The highest BCUT2D eigenvalue weighted by atomic mass is 32.2. The number of hydrogen-bond acceptors (Lipinski definition) is 4. The molecule has 0 aliphatic carbocycles. The van der Waals surface area contributed by atoms with Crippen molar-refractivity contribution in [3.05, 3.63) is 59.2 Å². The molecule has 0 aliphatic heterocycles. The lowest BCUT2D eigenvalue weighted by molar-refractivity contribution is 0.0919. The molecule has 1 atom stereocenters. The molecule has 5 nitrogen and oxygen atoms in total. The van der Waals surface area contributed by atoms with E-state index in [-0.39, 0.29) is 10.7 Å². The Balaban J connectivity index is 2.25. The summed E-state index contributed by atoms with van der Waals surface area (Å²) < 4.78 is 32.1. The van der Waals surface area contributed by atoms with Gasteiger partial charge in [-0.15, -0.1) is 0 Å². The molecular formula is C20H25NO4S. The van der Waals surface area contributed by atoms with Gasteiger partial charge in [0.2, 0.25) is 10.0 Å². The highest BCUT2D eigenvalue weighted by Gasteiger charge is 2.30. The Kier molecular flexibility index (Phi) is 6.21. The van der Waals surface area contributed by atoms with Gasteiger partial charge in [-0.3, -0.25) is 4.79 Å². The number of carbonyl (C=O) groups excluding carboxylic acids is 1. The summed E-state index contributed by atoms with van der Waals surface area (Å²) >= 11 is 0. The van der Waals surface area contributed by atoms with E-state index in [2.05, 4.69) is 0 Å². The van der Waals surface area contributed by atoms with Gasteiger partial charge in [0, 0.05) is 12.6 Å². The van der Waals surface area contributed by atoms with E-state index in [1.807, 2.05) is 26.8 Å². The highest BCUT2D eigenvalue weighted by Crippen LogP contribution is 2.22. The number of benzene rings is 2. The van der Waals surface area contributed by atoms with E-state index in [9.17, 15) is 13.2 Å². The summed E-state index contributed by atoms with van der Waals surface area (Å²) in [7, 11) is -2.36. The smallest absolute Gasteiger partial charge is 0.243 e. The molecule has 0 aromatic heterocycles. The average molecular weight is 375 g/mol. The van der Waals surface area contributed by atoms with Crippen LogP contribution >= 0.6 is 0 Å². The Labute approximate surface area is 155 Å². The highest BCUT2D eigenvalue weighted by molar-refractivity contribution is 7.89. The summed E-state index contributed by atoms with van der Waals surface area (Å²) in [5, 5.41) is 0. The zero-order valence-corrected chi connectivity index (χ0v) is 16.6. The average Bonchev–Trinajstić information content (AvgIpc) is 2.63. The van der Waals surface area contributed by atoms with Crippen LogP contribution < -0.4 is 4.74 Å². The third kappa shape index (κ3) is 4.14. The van der Waals surface area contributed by atoms with Gasteiger partial charge in [0.05, 0.1) is 17.5 Å². The first-order valence-electron chi connectivity index (χ1n) is 8.50. The molecule has 0 spiro atoms. The van der Waals surface area contributed by atoms with Gasteiger partial charge in [0.15, 0.2) is 5.78 Å². The Morgan fingerprint density at radius 1 is 1.08 bits per heavy atom. The predicted octanol–water partition coefficient (Wildman–Crippen LogP) is 3.59. The van der Waals surface area contributed by atoms with E-state index in [1.54, 1.807) is 31.2 Å². The van der Waals surface area contributed by atoms with Gasteiger partial charge >= 0.3 is 0 Å². The lowest BCUT2D eigenvalue weighted by Gasteiger charge is -2.23. The lowest BCUT2D eigenvalue weighted by Crippen LogP contribution is -2.40. The SMILES string of the molecule is CCOc1ccc(S(=O)(=O)N(C)C(C)C(=O)c2ccc(C)c(C)c2)cc1. The van der Waals surface area contributed by atoms with Gasteiger partial charge in [0.25, 0.3) is 0 Å². The molecule has 2 rings (SSSR count). The Morgan fingerprint density at radius 2 is 1.69 bits per heavy atom. The fourth-order valence-corrected chi connectivity index (χ4v) is 3.87. The van der Waals surface area contributed by atoms with Crippen molar-refractivity contribution in [2.45, 2.75) is 38.6 Å². The van der Waals surface area contributed by atoms with Crippen LogP contribution in [0.3, 0.4) is 0 Å². The number of hydrogen-bond donors (Lipinski definition) is 0. The molecule has 0 fully saturated rings. The number of ether oxygens (including phenoxy) is 1. The maximum absolute atomic E-state index is 12.8. The van der Waals surface area contributed by atoms with Crippen LogP contribution in [0.2, 0.25) is 0 Å². The molecule has 140 valence electrons. The third-order valence-corrected chi connectivity index (χ3v) is 6.47. The van der Waals surface area contributed by atoms with Crippen molar-refractivity contribution in [1.82, 2.24) is 4.31 Å². The van der Waals surface area contributed by atoms with Crippen LogP contribution in [0, 0.1) is 13.8 Å². The summed E-state index contributed by atoms with van der Waals surface area (Å²) in [4.78, 5) is 12.9. The molecule has 0 radical (unpaired) electrons. The zero-order chi connectivity index (χ0) is 19.5. The summed E-state index contributed by atoms with van der Waals surface area (Å²) in [6.07, 6.45) is 0. The zero-order valence-electron chi connectivity index (χ0n) is 15.8. The van der Waals surface area contributed by atoms with Gasteiger partial charge in [0.1, 0.15) is 5.75 Å². The molecule has 2 aromatic carbocycles. The fraction of sp³-hybridized carbons (Fsp3) is 0.350. The Bertz CT molecular complexity index is 889. The van der Waals surface area contributed by atoms with Crippen LogP contribution in [-0.4, -0.2) is 38.2 Å². The van der Waals surface area contributed by atoms with Crippen molar-refractivity contribution in [3.63, 3.8) is 0 Å². The second-order valence-electron chi connectivity index (χ2n) is 6.26. The summed E-state index contributed by atoms with van der Waals surface area (Å²) in [6.45, 7) is 7.86. The van der Waals surface area contributed by atoms with E-state index in [0.717, 1.165) is 15.4 Å². The second-order valence-corrected chi connectivity index (χ2v) is 8.26. The summed E-state index contributed by atoms with van der Waals surface area (Å²) in [5.74, 6) is 0.374. The number of nitrogens with zero attached hydrogens (tertiary/aromatic N) is 1. The minimum absolute atomic E-state index is 0.128. The van der Waals surface area contributed by atoms with E-state index >= 15 is 0 Å². The number of sulfonamides is 1. The molecule has 26 heavy (non-hydrogen) atoms. The quantitative estimate of drug-likeness (QED) is 0.694. The lowest BCUT2D eigenvalue weighted by atomic mass is 10.0. The maximum atomic E-state index is 12.8. The van der Waals surface area contributed by atoms with Crippen LogP contribution in [0.15, 0.2) is 47.4 Å². The van der Waals surface area contributed by atoms with Gasteiger partial charge in [-0.2, -0.15) is 4.31 Å². The largest absolute Gasteiger partial charge is 0.494 e. The van der Waals surface area contributed by atoms with Gasteiger partial charge in [-0.1, -0.05) is 12.1 Å². The Hall–Kier alpha value is -2.18. The summed E-state index contributed by atoms with van der Waals surface area (Å²) in [6, 6.07) is 10.8. The van der Waals surface area contributed by atoms with Crippen molar-refractivity contribution in [3.8, 4) is 5.75 Å². The molecule has 6 heteroatoms. The number of aryl methyl sites for hydroxylation is 2. The van der Waals surface area contributed by atoms with Crippen molar-refractivity contribution in [2.24, 2.45) is 0 Å². The number of likely N-dealkylation sites (N-methyl/N-ethyl adjacent to an activating group) is 1. The topological polar surface area (TPSA) is 63.7 Å². The van der Waals surface area contributed by atoms with Crippen molar-refractivity contribution in [1.29, 1.82) is 0 Å². The predicted molar refractivity (Wildman–Crippen MR) is 102 cm³/mol. The maximum Gasteiger partial charge on any atom is 0.243 e. The second kappa shape index (κ2) is 8.01. The van der Waals surface area contributed by atoms with E-state index < -0.39 is 16.1 Å². The molecule has 0 bridgehead atoms. The van der Waals surface area contributed by atoms with Crippen molar-refractivity contribution in [2.75, 3.05) is 13.7 Å². The monoisotopic (exact) mass is 375 g/mol. The van der Waals surface area contributed by atoms with Crippen LogP contribution in [-0.2, 0) is 10.0 Å². The standard InChI is InChI=1S/C20H25NO4S/c1-6-25-18-9-11-19(12-10-18)26(23,24)21(5)16(4)20(22)17-8-7-14(2)15(3)13-17/h7-13,16H,6H2,1-5H3. The first-order valence-corrected chi connectivity index (χ1v) is 9.94. The van der Waals surface area contributed by atoms with Gasteiger partial charge in [-0.25, -0.2) is 8.42 Å². The van der Waals surface area contributed by atoms with Crippen LogP contribution in [0.25, 0.3) is 0 Å². The fourth-order valence-electron chi connectivity index (χ4n) is 2.55.